The van der Waals surface area contributed by atoms with Crippen molar-refractivity contribution in [3.05, 3.63) is 64.7 Å². The van der Waals surface area contributed by atoms with E-state index in [1.807, 2.05) is 22.7 Å². The summed E-state index contributed by atoms with van der Waals surface area (Å²) >= 11 is 3.60. The molecule has 3 aromatic rings. The zero-order valence-corrected chi connectivity index (χ0v) is 12.8. The molecule has 0 aliphatic heterocycles. The zero-order valence-electron chi connectivity index (χ0n) is 11.2. The summed E-state index contributed by atoms with van der Waals surface area (Å²) in [5.41, 5.74) is 2.30. The van der Waals surface area contributed by atoms with Crippen LogP contribution in [0.2, 0.25) is 0 Å². The SMILES string of the molecule is CN(Cc1ccccc1)Cc1nc2ncccn2c1Br. The van der Waals surface area contributed by atoms with Crippen LogP contribution in [0.1, 0.15) is 11.3 Å². The van der Waals surface area contributed by atoms with Gasteiger partial charge in [-0.2, -0.15) is 0 Å². The molecule has 0 saturated heterocycles. The first kappa shape index (κ1) is 13.3. The van der Waals surface area contributed by atoms with E-state index in [0.29, 0.717) is 0 Å². The van der Waals surface area contributed by atoms with E-state index in [1.165, 1.54) is 5.56 Å². The van der Waals surface area contributed by atoms with Gasteiger partial charge >= 0.3 is 0 Å². The van der Waals surface area contributed by atoms with Gasteiger partial charge < -0.3 is 0 Å². The second-order valence-electron chi connectivity index (χ2n) is 4.80. The van der Waals surface area contributed by atoms with Gasteiger partial charge in [-0.3, -0.25) is 9.30 Å². The quantitative estimate of drug-likeness (QED) is 0.736. The third-order valence-corrected chi connectivity index (χ3v) is 3.97. The monoisotopic (exact) mass is 330 g/mol. The molecule has 20 heavy (non-hydrogen) atoms. The first-order chi connectivity index (χ1) is 9.74. The average molecular weight is 331 g/mol. The Balaban J connectivity index is 1.77. The van der Waals surface area contributed by atoms with Crippen LogP contribution in [0.5, 0.6) is 0 Å². The van der Waals surface area contributed by atoms with Gasteiger partial charge in [0, 0.05) is 25.5 Å². The molecule has 4 nitrogen and oxygen atoms in total. The van der Waals surface area contributed by atoms with Crippen molar-refractivity contribution in [3.63, 3.8) is 0 Å². The van der Waals surface area contributed by atoms with Crippen molar-refractivity contribution in [2.45, 2.75) is 13.1 Å². The van der Waals surface area contributed by atoms with Crippen LogP contribution in [0.4, 0.5) is 0 Å². The van der Waals surface area contributed by atoms with E-state index in [0.717, 1.165) is 29.2 Å². The van der Waals surface area contributed by atoms with Gasteiger partial charge in [-0.1, -0.05) is 30.3 Å². The molecule has 3 rings (SSSR count). The van der Waals surface area contributed by atoms with Gasteiger partial charge in [0.1, 0.15) is 4.60 Å². The molecule has 0 amide bonds. The Bertz CT molecular complexity index is 708. The molecular formula is C15H15BrN4. The molecule has 102 valence electrons. The topological polar surface area (TPSA) is 33.4 Å². The summed E-state index contributed by atoms with van der Waals surface area (Å²) in [4.78, 5) is 11.1. The maximum absolute atomic E-state index is 4.56. The molecular weight excluding hydrogens is 316 g/mol. The predicted molar refractivity (Wildman–Crippen MR) is 82.3 cm³/mol. The Morgan fingerprint density at radius 2 is 1.95 bits per heavy atom. The normalized spacial score (nSPS) is 11.3. The summed E-state index contributed by atoms with van der Waals surface area (Å²) in [6.45, 7) is 1.67. The summed E-state index contributed by atoms with van der Waals surface area (Å²) in [7, 11) is 2.09. The van der Waals surface area contributed by atoms with Gasteiger partial charge in [-0.15, -0.1) is 0 Å². The first-order valence-corrected chi connectivity index (χ1v) is 7.23. The van der Waals surface area contributed by atoms with Crippen molar-refractivity contribution in [2.24, 2.45) is 0 Å². The van der Waals surface area contributed by atoms with Crippen molar-refractivity contribution in [1.29, 1.82) is 0 Å². The fraction of sp³-hybridized carbons (Fsp3) is 0.200. The smallest absolute Gasteiger partial charge is 0.234 e. The van der Waals surface area contributed by atoms with E-state index in [4.69, 9.17) is 0 Å². The van der Waals surface area contributed by atoms with Crippen LogP contribution in [0.25, 0.3) is 5.78 Å². The van der Waals surface area contributed by atoms with Gasteiger partial charge in [0.25, 0.3) is 0 Å². The minimum Gasteiger partial charge on any atom is -0.296 e. The number of hydrogen-bond donors (Lipinski definition) is 0. The van der Waals surface area contributed by atoms with E-state index in [-0.39, 0.29) is 0 Å². The molecule has 0 radical (unpaired) electrons. The van der Waals surface area contributed by atoms with Crippen LogP contribution in [-0.2, 0) is 13.1 Å². The lowest BCUT2D eigenvalue weighted by molar-refractivity contribution is 0.315. The van der Waals surface area contributed by atoms with Crippen molar-refractivity contribution >= 4 is 21.7 Å². The number of imidazole rings is 1. The summed E-state index contributed by atoms with van der Waals surface area (Å²) in [5, 5.41) is 0. The highest BCUT2D eigenvalue weighted by atomic mass is 79.9. The molecule has 0 N–H and O–H groups in total. The molecule has 0 bridgehead atoms. The van der Waals surface area contributed by atoms with Crippen LogP contribution in [0, 0.1) is 0 Å². The number of aromatic nitrogens is 3. The predicted octanol–water partition coefficient (Wildman–Crippen LogP) is 3.12. The minimum absolute atomic E-state index is 0.725. The van der Waals surface area contributed by atoms with Crippen LogP contribution >= 0.6 is 15.9 Å². The molecule has 5 heteroatoms. The van der Waals surface area contributed by atoms with E-state index < -0.39 is 0 Å². The highest BCUT2D eigenvalue weighted by Crippen LogP contribution is 2.19. The molecule has 0 fully saturated rings. The van der Waals surface area contributed by atoms with Crippen molar-refractivity contribution in [3.8, 4) is 0 Å². The average Bonchev–Trinajstić information content (AvgIpc) is 2.77. The lowest BCUT2D eigenvalue weighted by Gasteiger charge is -2.15. The number of benzene rings is 1. The van der Waals surface area contributed by atoms with E-state index in [2.05, 4.69) is 62.1 Å². The molecule has 2 heterocycles. The second-order valence-corrected chi connectivity index (χ2v) is 5.55. The maximum atomic E-state index is 4.56. The van der Waals surface area contributed by atoms with Crippen LogP contribution < -0.4 is 0 Å². The molecule has 2 aromatic heterocycles. The second kappa shape index (κ2) is 5.73. The largest absolute Gasteiger partial charge is 0.296 e. The van der Waals surface area contributed by atoms with Crippen molar-refractivity contribution < 1.29 is 0 Å². The van der Waals surface area contributed by atoms with Gasteiger partial charge in [-0.25, -0.2) is 9.97 Å². The minimum atomic E-state index is 0.725. The third-order valence-electron chi connectivity index (χ3n) is 3.13. The number of hydrogen-bond acceptors (Lipinski definition) is 3. The molecule has 0 saturated carbocycles. The standard InChI is InChI=1S/C15H15BrN4/c1-19(10-12-6-3-2-4-7-12)11-13-14(16)20-9-5-8-17-15(20)18-13/h2-9H,10-11H2,1H3. The Morgan fingerprint density at radius 1 is 1.15 bits per heavy atom. The van der Waals surface area contributed by atoms with E-state index in [9.17, 15) is 0 Å². The van der Waals surface area contributed by atoms with E-state index in [1.54, 1.807) is 6.20 Å². The molecule has 1 aromatic carbocycles. The summed E-state index contributed by atoms with van der Waals surface area (Å²) in [5.74, 6) is 0.725. The Kier molecular flexibility index (Phi) is 3.80. The lowest BCUT2D eigenvalue weighted by Crippen LogP contribution is -2.17. The molecule has 0 aliphatic rings. The zero-order chi connectivity index (χ0) is 13.9. The van der Waals surface area contributed by atoms with Gasteiger partial charge in [0.15, 0.2) is 0 Å². The summed E-state index contributed by atoms with van der Waals surface area (Å²) < 4.78 is 2.92. The van der Waals surface area contributed by atoms with Gasteiger partial charge in [-0.05, 0) is 34.6 Å². The van der Waals surface area contributed by atoms with Crippen molar-refractivity contribution in [2.75, 3.05) is 7.05 Å². The third kappa shape index (κ3) is 2.73. The molecule has 0 aliphatic carbocycles. The lowest BCUT2D eigenvalue weighted by atomic mass is 10.2. The fourth-order valence-corrected chi connectivity index (χ4v) is 2.70. The van der Waals surface area contributed by atoms with Crippen molar-refractivity contribution in [1.82, 2.24) is 19.3 Å². The van der Waals surface area contributed by atoms with Gasteiger partial charge in [0.05, 0.1) is 5.69 Å². The number of fused-ring (bicyclic) bond motifs is 1. The number of nitrogens with zero attached hydrogens (tertiary/aromatic N) is 4. The summed E-state index contributed by atoms with van der Waals surface area (Å²) in [6.07, 6.45) is 3.71. The fourth-order valence-electron chi connectivity index (χ4n) is 2.21. The maximum Gasteiger partial charge on any atom is 0.234 e. The highest BCUT2D eigenvalue weighted by Gasteiger charge is 2.12. The van der Waals surface area contributed by atoms with E-state index >= 15 is 0 Å². The number of halogens is 1. The first-order valence-electron chi connectivity index (χ1n) is 6.44. The Morgan fingerprint density at radius 3 is 2.70 bits per heavy atom. The molecule has 0 unspecified atom stereocenters. The Labute approximate surface area is 126 Å². The summed E-state index contributed by atoms with van der Waals surface area (Å²) in [6, 6.07) is 12.3. The number of rotatable bonds is 4. The van der Waals surface area contributed by atoms with Crippen LogP contribution in [0.15, 0.2) is 53.4 Å². The van der Waals surface area contributed by atoms with Gasteiger partial charge in [0.2, 0.25) is 5.78 Å². The van der Waals surface area contributed by atoms with Crippen LogP contribution in [-0.4, -0.2) is 26.3 Å². The Hall–Kier alpha value is -1.72. The molecule has 0 spiro atoms. The highest BCUT2D eigenvalue weighted by molar-refractivity contribution is 9.10. The molecule has 0 atom stereocenters. The van der Waals surface area contributed by atoms with Crippen LogP contribution in [0.3, 0.4) is 0 Å².